The third-order valence-corrected chi connectivity index (χ3v) is 3.77. The molecular weight excluding hydrogens is 196 g/mol. The van der Waals surface area contributed by atoms with E-state index in [-0.39, 0.29) is 0 Å². The largest absolute Gasteiger partial charge is 0.314 e. The fourth-order valence-electron chi connectivity index (χ4n) is 2.76. The summed E-state index contributed by atoms with van der Waals surface area (Å²) in [5, 5.41) is 6.82. The Balaban J connectivity index is 0.000000160. The van der Waals surface area contributed by atoms with Crippen LogP contribution in [-0.2, 0) is 0 Å². The minimum atomic E-state index is 0.763. The van der Waals surface area contributed by atoms with E-state index in [1.807, 2.05) is 0 Å². The summed E-state index contributed by atoms with van der Waals surface area (Å²) in [4.78, 5) is 0. The van der Waals surface area contributed by atoms with Crippen molar-refractivity contribution >= 4 is 0 Å². The van der Waals surface area contributed by atoms with Crippen molar-refractivity contribution in [2.24, 2.45) is 11.8 Å². The molecule has 2 aliphatic heterocycles. The maximum atomic E-state index is 3.41. The summed E-state index contributed by atoms with van der Waals surface area (Å²) in [5.41, 5.74) is 0. The molecule has 0 saturated carbocycles. The smallest absolute Gasteiger partial charge is 0.00412 e. The first-order chi connectivity index (χ1) is 7.58. The zero-order valence-electron chi connectivity index (χ0n) is 11.6. The molecule has 0 aromatic carbocycles. The molecule has 2 heterocycles. The molecule has 96 valence electrons. The number of nitrogens with one attached hydrogen (secondary N) is 2. The third-order valence-electron chi connectivity index (χ3n) is 3.77. The normalized spacial score (nSPS) is 39.8. The molecule has 0 amide bonds. The molecule has 4 unspecified atom stereocenters. The maximum absolute atomic E-state index is 3.41. The lowest BCUT2D eigenvalue weighted by Crippen LogP contribution is -2.34. The van der Waals surface area contributed by atoms with E-state index in [1.165, 1.54) is 38.8 Å². The fraction of sp³-hybridized carbons (Fsp3) is 1.00. The lowest BCUT2D eigenvalue weighted by molar-refractivity contribution is 0.335. The number of hydrogen-bond acceptors (Lipinski definition) is 2. The average Bonchev–Trinajstić information content (AvgIpc) is 2.17. The molecule has 0 aliphatic carbocycles. The van der Waals surface area contributed by atoms with Crippen molar-refractivity contribution in [3.8, 4) is 0 Å². The molecule has 4 atom stereocenters. The van der Waals surface area contributed by atoms with E-state index in [0.717, 1.165) is 23.9 Å². The SMILES string of the molecule is CC1CCNC(C)C1.CC1CCNC(C)C1. The Labute approximate surface area is 102 Å². The first-order valence-electron chi connectivity index (χ1n) is 7.04. The molecule has 2 fully saturated rings. The van der Waals surface area contributed by atoms with E-state index in [0.29, 0.717) is 0 Å². The molecule has 0 aromatic rings. The summed E-state index contributed by atoms with van der Waals surface area (Å²) in [6, 6.07) is 1.53. The number of piperidine rings is 2. The summed E-state index contributed by atoms with van der Waals surface area (Å²) in [6.07, 6.45) is 5.45. The summed E-state index contributed by atoms with van der Waals surface area (Å²) < 4.78 is 0. The molecule has 0 spiro atoms. The lowest BCUT2D eigenvalue weighted by Gasteiger charge is -2.24. The molecular formula is C14H30N2. The van der Waals surface area contributed by atoms with E-state index in [4.69, 9.17) is 0 Å². The van der Waals surface area contributed by atoms with Crippen LogP contribution in [-0.4, -0.2) is 25.2 Å². The first-order valence-corrected chi connectivity index (χ1v) is 7.04. The topological polar surface area (TPSA) is 24.1 Å². The minimum absolute atomic E-state index is 0.763. The highest BCUT2D eigenvalue weighted by Crippen LogP contribution is 2.14. The van der Waals surface area contributed by atoms with Gasteiger partial charge in [0.05, 0.1) is 0 Å². The third kappa shape index (κ3) is 5.86. The van der Waals surface area contributed by atoms with E-state index >= 15 is 0 Å². The van der Waals surface area contributed by atoms with Gasteiger partial charge in [-0.15, -0.1) is 0 Å². The van der Waals surface area contributed by atoms with Crippen LogP contribution in [0.3, 0.4) is 0 Å². The lowest BCUT2D eigenvalue weighted by atomic mass is 9.96. The van der Waals surface area contributed by atoms with Gasteiger partial charge in [-0.1, -0.05) is 13.8 Å². The van der Waals surface area contributed by atoms with Gasteiger partial charge in [0.25, 0.3) is 0 Å². The van der Waals surface area contributed by atoms with Gasteiger partial charge >= 0.3 is 0 Å². The molecule has 0 aromatic heterocycles. The Kier molecular flexibility index (Phi) is 6.37. The van der Waals surface area contributed by atoms with Crippen LogP contribution in [0.15, 0.2) is 0 Å². The van der Waals surface area contributed by atoms with Gasteiger partial charge in [0.15, 0.2) is 0 Å². The predicted octanol–water partition coefficient (Wildman–Crippen LogP) is 2.79. The zero-order chi connectivity index (χ0) is 12.0. The van der Waals surface area contributed by atoms with E-state index in [2.05, 4.69) is 38.3 Å². The average molecular weight is 226 g/mol. The quantitative estimate of drug-likeness (QED) is 0.664. The van der Waals surface area contributed by atoms with Crippen molar-refractivity contribution in [1.82, 2.24) is 10.6 Å². The summed E-state index contributed by atoms with van der Waals surface area (Å²) in [5.74, 6) is 1.90. The zero-order valence-corrected chi connectivity index (χ0v) is 11.6. The Morgan fingerprint density at radius 2 is 1.06 bits per heavy atom. The highest BCUT2D eigenvalue weighted by Gasteiger charge is 2.13. The molecule has 16 heavy (non-hydrogen) atoms. The standard InChI is InChI=1S/2C7H15N/c2*1-6-3-4-8-7(2)5-6/h2*6-8H,3-5H2,1-2H3. The van der Waals surface area contributed by atoms with Crippen molar-refractivity contribution in [3.05, 3.63) is 0 Å². The highest BCUT2D eigenvalue weighted by molar-refractivity contribution is 4.72. The van der Waals surface area contributed by atoms with Crippen molar-refractivity contribution in [2.45, 2.75) is 65.5 Å². The summed E-state index contributed by atoms with van der Waals surface area (Å²) in [7, 11) is 0. The Morgan fingerprint density at radius 1 is 0.688 bits per heavy atom. The van der Waals surface area contributed by atoms with E-state index in [1.54, 1.807) is 0 Å². The van der Waals surface area contributed by atoms with Gasteiger partial charge in [-0.05, 0) is 64.5 Å². The first kappa shape index (κ1) is 14.0. The number of rotatable bonds is 0. The van der Waals surface area contributed by atoms with Gasteiger partial charge in [0, 0.05) is 12.1 Å². The fourth-order valence-corrected chi connectivity index (χ4v) is 2.76. The molecule has 2 rings (SSSR count). The molecule has 0 bridgehead atoms. The second kappa shape index (κ2) is 7.29. The van der Waals surface area contributed by atoms with Crippen LogP contribution in [0.25, 0.3) is 0 Å². The van der Waals surface area contributed by atoms with Crippen LogP contribution in [0.4, 0.5) is 0 Å². The molecule has 2 nitrogen and oxygen atoms in total. The Bertz CT molecular complexity index is 146. The second-order valence-electron chi connectivity index (χ2n) is 5.97. The Hall–Kier alpha value is -0.0800. The van der Waals surface area contributed by atoms with Gasteiger partial charge in [0.1, 0.15) is 0 Å². The highest BCUT2D eigenvalue weighted by atomic mass is 14.9. The van der Waals surface area contributed by atoms with Gasteiger partial charge < -0.3 is 10.6 Å². The monoisotopic (exact) mass is 226 g/mol. The predicted molar refractivity (Wildman–Crippen MR) is 71.7 cm³/mol. The summed E-state index contributed by atoms with van der Waals surface area (Å²) in [6.45, 7) is 11.6. The minimum Gasteiger partial charge on any atom is -0.314 e. The maximum Gasteiger partial charge on any atom is 0.00412 e. The van der Waals surface area contributed by atoms with Gasteiger partial charge in [-0.25, -0.2) is 0 Å². The van der Waals surface area contributed by atoms with Crippen LogP contribution < -0.4 is 10.6 Å². The van der Waals surface area contributed by atoms with E-state index < -0.39 is 0 Å². The van der Waals surface area contributed by atoms with Gasteiger partial charge in [0.2, 0.25) is 0 Å². The van der Waals surface area contributed by atoms with Crippen LogP contribution in [0.2, 0.25) is 0 Å². The molecule has 2 aliphatic rings. The molecule has 0 radical (unpaired) electrons. The van der Waals surface area contributed by atoms with Gasteiger partial charge in [-0.3, -0.25) is 0 Å². The summed E-state index contributed by atoms with van der Waals surface area (Å²) >= 11 is 0. The molecule has 2 saturated heterocycles. The van der Waals surface area contributed by atoms with Crippen molar-refractivity contribution < 1.29 is 0 Å². The number of hydrogen-bond donors (Lipinski definition) is 2. The molecule has 2 heteroatoms. The van der Waals surface area contributed by atoms with E-state index in [9.17, 15) is 0 Å². The van der Waals surface area contributed by atoms with Crippen LogP contribution in [0.5, 0.6) is 0 Å². The van der Waals surface area contributed by atoms with Crippen molar-refractivity contribution in [1.29, 1.82) is 0 Å². The van der Waals surface area contributed by atoms with Crippen molar-refractivity contribution in [2.75, 3.05) is 13.1 Å². The van der Waals surface area contributed by atoms with Crippen LogP contribution in [0, 0.1) is 11.8 Å². The second-order valence-corrected chi connectivity index (χ2v) is 5.97. The van der Waals surface area contributed by atoms with Gasteiger partial charge in [-0.2, -0.15) is 0 Å². The van der Waals surface area contributed by atoms with Crippen LogP contribution >= 0.6 is 0 Å². The van der Waals surface area contributed by atoms with Crippen molar-refractivity contribution in [3.63, 3.8) is 0 Å². The Morgan fingerprint density at radius 3 is 1.25 bits per heavy atom. The molecule has 2 N–H and O–H groups in total. The van der Waals surface area contributed by atoms with Crippen LogP contribution in [0.1, 0.15) is 53.4 Å².